The largest absolute Gasteiger partial charge is 0.459 e. The van der Waals surface area contributed by atoms with Crippen LogP contribution in [0.25, 0.3) is 0 Å². The molecule has 0 fully saturated rings. The van der Waals surface area contributed by atoms with E-state index in [0.29, 0.717) is 16.9 Å². The molecule has 0 atom stereocenters. The third-order valence-electron chi connectivity index (χ3n) is 6.22. The highest BCUT2D eigenvalue weighted by Gasteiger charge is 2.31. The van der Waals surface area contributed by atoms with Gasteiger partial charge in [-0.2, -0.15) is 18.2 Å². The van der Waals surface area contributed by atoms with Gasteiger partial charge in [-0.25, -0.2) is 4.98 Å². The number of benzene rings is 3. The molecule has 0 aliphatic rings. The quantitative estimate of drug-likeness (QED) is 0.162. The first-order valence-electron chi connectivity index (χ1n) is 13.1. The molecule has 0 aliphatic carbocycles. The molecule has 4 aromatic rings. The Balaban J connectivity index is 1.42. The second-order valence-corrected chi connectivity index (χ2v) is 9.36. The summed E-state index contributed by atoms with van der Waals surface area (Å²) in [5, 5.41) is 10.8. The normalized spacial score (nSPS) is 10.8. The van der Waals surface area contributed by atoms with Crippen LogP contribution in [0.4, 0.5) is 36.1 Å². The molecule has 0 bridgehead atoms. The fourth-order valence-electron chi connectivity index (χ4n) is 3.88. The molecule has 0 saturated carbocycles. The number of rotatable bonds is 10. The molecule has 0 unspecified atom stereocenters. The monoisotopic (exact) mass is 604 g/mol. The van der Waals surface area contributed by atoms with Gasteiger partial charge in [-0.15, -0.1) is 0 Å². The number of nitrogens with zero attached hydrogens (tertiary/aromatic N) is 2. The van der Waals surface area contributed by atoms with E-state index in [0.717, 1.165) is 23.8 Å². The molecule has 4 N–H and O–H groups in total. The van der Waals surface area contributed by atoms with Gasteiger partial charge >= 0.3 is 12.2 Å². The average Bonchev–Trinajstić information content (AvgIpc) is 3.01. The molecule has 13 heteroatoms. The maximum absolute atomic E-state index is 13.2. The summed E-state index contributed by atoms with van der Waals surface area (Å²) >= 11 is 0. The van der Waals surface area contributed by atoms with E-state index in [4.69, 9.17) is 4.74 Å². The Labute approximate surface area is 250 Å². The number of aryl methyl sites for hydroxylation is 1. The first-order chi connectivity index (χ1) is 21.0. The summed E-state index contributed by atoms with van der Waals surface area (Å²) in [4.78, 5) is 45.6. The number of amides is 3. The Morgan fingerprint density at radius 1 is 0.932 bits per heavy atom. The third-order valence-corrected chi connectivity index (χ3v) is 6.22. The Morgan fingerprint density at radius 2 is 1.66 bits per heavy atom. The van der Waals surface area contributed by atoms with Crippen molar-refractivity contribution in [2.75, 3.05) is 28.3 Å². The van der Waals surface area contributed by atoms with E-state index < -0.39 is 23.6 Å². The highest BCUT2D eigenvalue weighted by Crippen LogP contribution is 2.30. The van der Waals surface area contributed by atoms with Gasteiger partial charge in [0.15, 0.2) is 0 Å². The van der Waals surface area contributed by atoms with Gasteiger partial charge in [-0.05, 0) is 66.6 Å². The van der Waals surface area contributed by atoms with Crippen LogP contribution in [0, 0.1) is 6.92 Å². The number of alkyl halides is 3. The summed E-state index contributed by atoms with van der Waals surface area (Å²) in [5.41, 5.74) is 1.67. The zero-order chi connectivity index (χ0) is 31.9. The van der Waals surface area contributed by atoms with E-state index in [1.54, 1.807) is 50.4 Å². The highest BCUT2D eigenvalue weighted by atomic mass is 19.4. The van der Waals surface area contributed by atoms with Crippen molar-refractivity contribution in [2.45, 2.75) is 19.7 Å². The predicted octanol–water partition coefficient (Wildman–Crippen LogP) is 6.05. The van der Waals surface area contributed by atoms with Crippen molar-refractivity contribution < 1.29 is 32.3 Å². The van der Waals surface area contributed by atoms with E-state index in [2.05, 4.69) is 37.8 Å². The number of hydrogen-bond donors (Lipinski definition) is 4. The van der Waals surface area contributed by atoms with Crippen molar-refractivity contribution in [3.05, 3.63) is 113 Å². The van der Waals surface area contributed by atoms with E-state index in [-0.39, 0.29) is 41.2 Å². The van der Waals surface area contributed by atoms with Crippen LogP contribution in [-0.4, -0.2) is 34.7 Å². The van der Waals surface area contributed by atoms with Gasteiger partial charge < -0.3 is 26.0 Å². The van der Waals surface area contributed by atoms with Crippen molar-refractivity contribution in [1.29, 1.82) is 0 Å². The molecule has 4 rings (SSSR count). The summed E-state index contributed by atoms with van der Waals surface area (Å²) < 4.78 is 44.8. The molecular weight excluding hydrogens is 577 g/mol. The molecule has 0 saturated heterocycles. The molecular formula is C31H27F3N6O4. The summed E-state index contributed by atoms with van der Waals surface area (Å²) in [7, 11) is 1.58. The minimum atomic E-state index is -4.59. The maximum Gasteiger partial charge on any atom is 0.416 e. The minimum Gasteiger partial charge on any atom is -0.459 e. The van der Waals surface area contributed by atoms with E-state index in [1.807, 2.05) is 0 Å². The van der Waals surface area contributed by atoms with Gasteiger partial charge in [0.05, 0.1) is 5.56 Å². The maximum atomic E-state index is 13.2. The van der Waals surface area contributed by atoms with Crippen LogP contribution in [0.5, 0.6) is 6.01 Å². The Morgan fingerprint density at radius 3 is 2.34 bits per heavy atom. The van der Waals surface area contributed by atoms with Crippen molar-refractivity contribution >= 4 is 40.6 Å². The molecule has 3 aromatic carbocycles. The highest BCUT2D eigenvalue weighted by molar-refractivity contribution is 6.08. The number of nitrogens with one attached hydrogen (secondary N) is 4. The van der Waals surface area contributed by atoms with Crippen LogP contribution in [0.15, 0.2) is 85.6 Å². The Bertz CT molecular complexity index is 1710. The second-order valence-electron chi connectivity index (χ2n) is 9.36. The van der Waals surface area contributed by atoms with Gasteiger partial charge in [-0.3, -0.25) is 14.4 Å². The van der Waals surface area contributed by atoms with Crippen LogP contribution in [0.2, 0.25) is 0 Å². The molecule has 0 radical (unpaired) electrons. The second kappa shape index (κ2) is 13.5. The molecule has 0 spiro atoms. The lowest BCUT2D eigenvalue weighted by Gasteiger charge is -2.14. The number of carbonyl (C=O) groups is 3. The SMILES string of the molecule is C=CC(=O)Nc1ccc(COc2ncc(C(=O)Nc3cc(NC(=O)c4cccc(C(F)(F)F)c4)ccc3C)c(NC)n2)cc1. The summed E-state index contributed by atoms with van der Waals surface area (Å²) in [6.07, 6.45) is -2.12. The predicted molar refractivity (Wildman–Crippen MR) is 160 cm³/mol. The average molecular weight is 605 g/mol. The fraction of sp³-hybridized carbons (Fsp3) is 0.129. The lowest BCUT2D eigenvalue weighted by atomic mass is 10.1. The molecule has 3 amide bonds. The molecule has 44 heavy (non-hydrogen) atoms. The van der Waals surface area contributed by atoms with Crippen molar-refractivity contribution in [1.82, 2.24) is 9.97 Å². The number of halogens is 3. The smallest absolute Gasteiger partial charge is 0.416 e. The van der Waals surface area contributed by atoms with Gasteiger partial charge in [-0.1, -0.05) is 30.8 Å². The van der Waals surface area contributed by atoms with Gasteiger partial charge in [0, 0.05) is 35.9 Å². The first-order valence-corrected chi connectivity index (χ1v) is 13.1. The summed E-state index contributed by atoms with van der Waals surface area (Å²) in [6, 6.07) is 15.7. The molecule has 226 valence electrons. The van der Waals surface area contributed by atoms with E-state index >= 15 is 0 Å². The third kappa shape index (κ3) is 7.97. The number of ether oxygens (including phenoxy) is 1. The number of carbonyl (C=O) groups excluding carboxylic acids is 3. The minimum absolute atomic E-state index is 0.0189. The van der Waals surface area contributed by atoms with Crippen molar-refractivity contribution in [3.8, 4) is 6.01 Å². The van der Waals surface area contributed by atoms with E-state index in [9.17, 15) is 27.6 Å². The summed E-state index contributed by atoms with van der Waals surface area (Å²) in [5.74, 6) is -1.42. The summed E-state index contributed by atoms with van der Waals surface area (Å²) in [6.45, 7) is 5.27. The molecule has 10 nitrogen and oxygen atoms in total. The van der Waals surface area contributed by atoms with Crippen LogP contribution in [0.1, 0.15) is 37.4 Å². The number of anilines is 4. The van der Waals surface area contributed by atoms with Gasteiger partial charge in [0.25, 0.3) is 11.8 Å². The van der Waals surface area contributed by atoms with Crippen molar-refractivity contribution in [3.63, 3.8) is 0 Å². The van der Waals surface area contributed by atoms with Crippen LogP contribution >= 0.6 is 0 Å². The first kappa shape index (κ1) is 31.2. The lowest BCUT2D eigenvalue weighted by Crippen LogP contribution is -2.17. The van der Waals surface area contributed by atoms with Crippen LogP contribution in [-0.2, 0) is 17.6 Å². The van der Waals surface area contributed by atoms with Crippen LogP contribution < -0.4 is 26.0 Å². The standard InChI is InChI=1S/C31H27F3N6O4/c1-4-26(41)37-22-12-9-19(10-13-22)17-44-30-36-16-24(27(35-3)40-30)29(43)39-25-15-23(11-8-18(25)2)38-28(42)20-6-5-7-21(14-20)31(32,33)34/h4-16H,1,17H2,2-3H3,(H,37,41)(H,38,42)(H,39,43)(H,35,36,40). The molecule has 0 aliphatic heterocycles. The van der Waals surface area contributed by atoms with Gasteiger partial charge in [0.2, 0.25) is 5.91 Å². The Hall–Kier alpha value is -5.72. The number of hydrogen-bond acceptors (Lipinski definition) is 7. The molecule has 1 aromatic heterocycles. The van der Waals surface area contributed by atoms with Crippen molar-refractivity contribution in [2.24, 2.45) is 0 Å². The van der Waals surface area contributed by atoms with Crippen LogP contribution in [0.3, 0.4) is 0 Å². The Kier molecular flexibility index (Phi) is 9.58. The zero-order valence-electron chi connectivity index (χ0n) is 23.6. The topological polar surface area (TPSA) is 134 Å². The fourth-order valence-corrected chi connectivity index (χ4v) is 3.88. The lowest BCUT2D eigenvalue weighted by molar-refractivity contribution is -0.137. The zero-order valence-corrected chi connectivity index (χ0v) is 23.6. The molecule has 1 heterocycles. The number of aromatic nitrogens is 2. The van der Waals surface area contributed by atoms with Gasteiger partial charge in [0.1, 0.15) is 18.0 Å². The van der Waals surface area contributed by atoms with E-state index in [1.165, 1.54) is 24.4 Å².